The van der Waals surface area contributed by atoms with Crippen molar-refractivity contribution in [3.05, 3.63) is 29.3 Å². The summed E-state index contributed by atoms with van der Waals surface area (Å²) in [6, 6.07) is 2.32. The van der Waals surface area contributed by atoms with E-state index in [1.807, 2.05) is 0 Å². The van der Waals surface area contributed by atoms with E-state index >= 15 is 0 Å². The molecule has 0 bridgehead atoms. The number of hydrogen-bond acceptors (Lipinski definition) is 3. The second-order valence-corrected chi connectivity index (χ2v) is 4.63. The van der Waals surface area contributed by atoms with Crippen LogP contribution >= 0.6 is 11.8 Å². The summed E-state index contributed by atoms with van der Waals surface area (Å²) in [6.45, 7) is 0.710. The normalized spacial score (nSPS) is 16.5. The van der Waals surface area contributed by atoms with Crippen LogP contribution in [0.25, 0.3) is 0 Å². The third-order valence-corrected chi connectivity index (χ3v) is 3.36. The number of hydrogen-bond donors (Lipinski definition) is 1. The summed E-state index contributed by atoms with van der Waals surface area (Å²) in [5, 5.41) is 8.89. The summed E-state index contributed by atoms with van der Waals surface area (Å²) in [6.07, 6.45) is 0. The highest BCUT2D eigenvalue weighted by atomic mass is 32.2. The quantitative estimate of drug-likeness (QED) is 0.863. The van der Waals surface area contributed by atoms with Crippen LogP contribution in [0.1, 0.15) is 5.56 Å². The zero-order chi connectivity index (χ0) is 10.8. The van der Waals surface area contributed by atoms with Gasteiger partial charge in [0.15, 0.2) is 0 Å². The van der Waals surface area contributed by atoms with Crippen molar-refractivity contribution in [2.24, 2.45) is 0 Å². The molecule has 0 atom stereocenters. The van der Waals surface area contributed by atoms with Gasteiger partial charge in [0.2, 0.25) is 0 Å². The Bertz CT molecular complexity index is 343. The standard InChI is InChI=1S/C10H10F2O2S/c11-8-1-6(3-13)2-9(12)10(8)15-7-4-14-5-7/h1-2,7,13H,3-5H2. The van der Waals surface area contributed by atoms with E-state index in [1.165, 1.54) is 0 Å². The molecule has 15 heavy (non-hydrogen) atoms. The largest absolute Gasteiger partial charge is 0.392 e. The molecule has 1 saturated heterocycles. The van der Waals surface area contributed by atoms with Crippen molar-refractivity contribution in [1.82, 2.24) is 0 Å². The molecule has 0 spiro atoms. The van der Waals surface area contributed by atoms with Crippen LogP contribution in [0.4, 0.5) is 8.78 Å². The maximum atomic E-state index is 13.4. The lowest BCUT2D eigenvalue weighted by molar-refractivity contribution is 0.0454. The maximum absolute atomic E-state index is 13.4. The molecule has 1 N–H and O–H groups in total. The van der Waals surface area contributed by atoms with Gasteiger partial charge in [-0.25, -0.2) is 8.78 Å². The third-order valence-electron chi connectivity index (χ3n) is 2.13. The smallest absolute Gasteiger partial charge is 0.140 e. The van der Waals surface area contributed by atoms with E-state index in [0.717, 1.165) is 23.9 Å². The topological polar surface area (TPSA) is 29.5 Å². The van der Waals surface area contributed by atoms with Crippen molar-refractivity contribution in [3.8, 4) is 0 Å². The number of aliphatic hydroxyl groups excluding tert-OH is 1. The molecule has 1 aliphatic heterocycles. The molecule has 2 rings (SSSR count). The number of halogens is 2. The Kier molecular flexibility index (Phi) is 3.23. The van der Waals surface area contributed by atoms with E-state index in [2.05, 4.69) is 0 Å². The number of thioether (sulfide) groups is 1. The Morgan fingerprint density at radius 2 is 1.93 bits per heavy atom. The van der Waals surface area contributed by atoms with Crippen LogP contribution in [0.3, 0.4) is 0 Å². The molecule has 0 amide bonds. The summed E-state index contributed by atoms with van der Waals surface area (Å²) in [7, 11) is 0. The van der Waals surface area contributed by atoms with Crippen LogP contribution in [0.5, 0.6) is 0 Å². The number of rotatable bonds is 3. The fraction of sp³-hybridized carbons (Fsp3) is 0.400. The highest BCUT2D eigenvalue weighted by Gasteiger charge is 2.23. The summed E-state index contributed by atoms with van der Waals surface area (Å²) >= 11 is 1.15. The Labute approximate surface area is 90.2 Å². The predicted octanol–water partition coefficient (Wildman–Crippen LogP) is 1.95. The number of ether oxygens (including phenoxy) is 1. The van der Waals surface area contributed by atoms with Gasteiger partial charge in [-0.3, -0.25) is 0 Å². The molecule has 5 heteroatoms. The SMILES string of the molecule is OCc1cc(F)c(SC2COC2)c(F)c1. The fourth-order valence-electron chi connectivity index (χ4n) is 1.27. The molecule has 0 aromatic heterocycles. The van der Waals surface area contributed by atoms with Gasteiger partial charge in [0, 0.05) is 0 Å². The van der Waals surface area contributed by atoms with E-state index in [0.29, 0.717) is 13.2 Å². The van der Waals surface area contributed by atoms with Crippen LogP contribution in [0.2, 0.25) is 0 Å². The lowest BCUT2D eigenvalue weighted by Crippen LogP contribution is -2.30. The molecule has 1 fully saturated rings. The summed E-state index contributed by atoms with van der Waals surface area (Å²) in [4.78, 5) is 0.0144. The van der Waals surface area contributed by atoms with Gasteiger partial charge in [-0.15, -0.1) is 11.8 Å². The Morgan fingerprint density at radius 1 is 1.33 bits per heavy atom. The second-order valence-electron chi connectivity index (χ2n) is 3.32. The molecule has 1 aromatic rings. The molecule has 0 radical (unpaired) electrons. The first kappa shape index (κ1) is 10.9. The zero-order valence-corrected chi connectivity index (χ0v) is 8.69. The third kappa shape index (κ3) is 2.30. The molecule has 1 aromatic carbocycles. The van der Waals surface area contributed by atoms with Gasteiger partial charge in [-0.1, -0.05) is 0 Å². The average Bonchev–Trinajstić information content (AvgIpc) is 2.13. The lowest BCUT2D eigenvalue weighted by atomic mass is 10.2. The molecular weight excluding hydrogens is 222 g/mol. The number of aliphatic hydroxyl groups is 1. The zero-order valence-electron chi connectivity index (χ0n) is 7.87. The van der Waals surface area contributed by atoms with E-state index in [-0.39, 0.29) is 22.3 Å². The van der Waals surface area contributed by atoms with Crippen LogP contribution < -0.4 is 0 Å². The van der Waals surface area contributed by atoms with Gasteiger partial charge in [0.05, 0.1) is 30.0 Å². The van der Waals surface area contributed by atoms with E-state index in [4.69, 9.17) is 9.84 Å². The van der Waals surface area contributed by atoms with Crippen LogP contribution in [-0.4, -0.2) is 23.6 Å². The molecule has 1 heterocycles. The minimum Gasteiger partial charge on any atom is -0.392 e. The fourth-order valence-corrected chi connectivity index (χ4v) is 2.27. The first-order valence-electron chi connectivity index (χ1n) is 4.54. The van der Waals surface area contributed by atoms with Crippen molar-refractivity contribution in [1.29, 1.82) is 0 Å². The highest BCUT2D eigenvalue weighted by molar-refractivity contribution is 8.00. The van der Waals surface area contributed by atoms with E-state index < -0.39 is 11.6 Å². The average molecular weight is 232 g/mol. The molecule has 1 aliphatic rings. The molecule has 2 nitrogen and oxygen atoms in total. The predicted molar refractivity (Wildman–Crippen MR) is 52.7 cm³/mol. The maximum Gasteiger partial charge on any atom is 0.140 e. The van der Waals surface area contributed by atoms with Crippen molar-refractivity contribution in [3.63, 3.8) is 0 Å². The van der Waals surface area contributed by atoms with Crippen LogP contribution in [0, 0.1) is 11.6 Å². The molecular formula is C10H10F2O2S. The first-order chi connectivity index (χ1) is 7.20. The van der Waals surface area contributed by atoms with Crippen molar-refractivity contribution in [2.75, 3.05) is 13.2 Å². The van der Waals surface area contributed by atoms with Gasteiger partial charge in [-0.05, 0) is 17.7 Å². The van der Waals surface area contributed by atoms with Gasteiger partial charge < -0.3 is 9.84 Å². The summed E-state index contributed by atoms with van der Waals surface area (Å²) in [5.74, 6) is -1.23. The Balaban J connectivity index is 2.21. The highest BCUT2D eigenvalue weighted by Crippen LogP contribution is 2.32. The minimum absolute atomic E-state index is 0.0144. The lowest BCUT2D eigenvalue weighted by Gasteiger charge is -2.25. The molecule has 0 unspecified atom stereocenters. The Morgan fingerprint density at radius 3 is 2.33 bits per heavy atom. The molecule has 82 valence electrons. The van der Waals surface area contributed by atoms with Crippen molar-refractivity contribution in [2.45, 2.75) is 16.8 Å². The van der Waals surface area contributed by atoms with Crippen LogP contribution in [-0.2, 0) is 11.3 Å². The summed E-state index contributed by atoms with van der Waals surface area (Å²) < 4.78 is 31.7. The van der Waals surface area contributed by atoms with Crippen molar-refractivity contribution >= 4 is 11.8 Å². The van der Waals surface area contributed by atoms with E-state index in [1.54, 1.807) is 0 Å². The Hall–Kier alpha value is -0.650. The second kappa shape index (κ2) is 4.47. The van der Waals surface area contributed by atoms with Crippen LogP contribution in [0.15, 0.2) is 17.0 Å². The van der Waals surface area contributed by atoms with Gasteiger partial charge in [0.25, 0.3) is 0 Å². The first-order valence-corrected chi connectivity index (χ1v) is 5.42. The molecule has 0 aliphatic carbocycles. The monoisotopic (exact) mass is 232 g/mol. The minimum atomic E-state index is -0.615. The van der Waals surface area contributed by atoms with Gasteiger partial charge >= 0.3 is 0 Å². The van der Waals surface area contributed by atoms with Gasteiger partial charge in [0.1, 0.15) is 11.6 Å². The summed E-state index contributed by atoms with van der Waals surface area (Å²) in [5.41, 5.74) is 0.249. The van der Waals surface area contributed by atoms with Crippen molar-refractivity contribution < 1.29 is 18.6 Å². The number of benzene rings is 1. The molecule has 0 saturated carbocycles. The van der Waals surface area contributed by atoms with E-state index in [9.17, 15) is 8.78 Å². The van der Waals surface area contributed by atoms with Gasteiger partial charge in [-0.2, -0.15) is 0 Å².